The fraction of sp³-hybridized carbons (Fsp3) is 0.214. The molecule has 5 nitrogen and oxygen atoms in total. The average molecular weight is 256 g/mol. The highest BCUT2D eigenvalue weighted by atomic mass is 16.1. The molecule has 0 aliphatic carbocycles. The third-order valence-electron chi connectivity index (χ3n) is 2.59. The van der Waals surface area contributed by atoms with E-state index in [0.717, 1.165) is 17.9 Å². The maximum absolute atomic E-state index is 12.2. The van der Waals surface area contributed by atoms with Crippen molar-refractivity contribution in [2.75, 3.05) is 17.2 Å². The molecule has 0 bridgehead atoms. The van der Waals surface area contributed by atoms with Gasteiger partial charge in [0.05, 0.1) is 11.3 Å². The topological polar surface area (TPSA) is 66.9 Å². The van der Waals surface area contributed by atoms with Gasteiger partial charge in [0.25, 0.3) is 5.91 Å². The van der Waals surface area contributed by atoms with Gasteiger partial charge in [0, 0.05) is 36.5 Å². The van der Waals surface area contributed by atoms with Crippen molar-refractivity contribution < 1.29 is 4.79 Å². The summed E-state index contributed by atoms with van der Waals surface area (Å²) < 4.78 is 0. The molecule has 0 fully saturated rings. The molecule has 0 radical (unpaired) electrons. The van der Waals surface area contributed by atoms with Crippen LogP contribution in [0.5, 0.6) is 0 Å². The molecular formula is C14H16N4O. The second kappa shape index (κ2) is 5.95. The molecule has 2 aromatic heterocycles. The molecule has 2 heterocycles. The molecule has 2 N–H and O–H groups in total. The quantitative estimate of drug-likeness (QED) is 0.881. The first kappa shape index (κ1) is 13.0. The number of nitrogens with zero attached hydrogens (tertiary/aromatic N) is 2. The molecule has 5 heteroatoms. The average Bonchev–Trinajstić information content (AvgIpc) is 2.40. The Morgan fingerprint density at radius 2 is 2.05 bits per heavy atom. The minimum Gasteiger partial charge on any atom is -0.385 e. The molecule has 2 aromatic rings. The lowest BCUT2D eigenvalue weighted by Crippen LogP contribution is -2.15. The van der Waals surface area contributed by atoms with Crippen molar-refractivity contribution in [1.29, 1.82) is 0 Å². The Labute approximate surface area is 112 Å². The van der Waals surface area contributed by atoms with Gasteiger partial charge in [-0.3, -0.25) is 14.8 Å². The SMILES string of the molecule is CCNc1cc(C)ncc1C(=O)Nc1ccncc1. The van der Waals surface area contributed by atoms with Crippen LogP contribution in [0.2, 0.25) is 0 Å². The summed E-state index contributed by atoms with van der Waals surface area (Å²) in [7, 11) is 0. The largest absolute Gasteiger partial charge is 0.385 e. The molecule has 2 rings (SSSR count). The van der Waals surface area contributed by atoms with Crippen molar-refractivity contribution in [3.05, 3.63) is 48.0 Å². The Morgan fingerprint density at radius 1 is 1.32 bits per heavy atom. The molecule has 1 amide bonds. The van der Waals surface area contributed by atoms with Crippen molar-refractivity contribution in [2.45, 2.75) is 13.8 Å². The van der Waals surface area contributed by atoms with Crippen LogP contribution < -0.4 is 10.6 Å². The predicted molar refractivity (Wildman–Crippen MR) is 75.3 cm³/mol. The summed E-state index contributed by atoms with van der Waals surface area (Å²) in [5, 5.41) is 5.99. The fourth-order valence-corrected chi connectivity index (χ4v) is 1.71. The first-order valence-electron chi connectivity index (χ1n) is 6.12. The van der Waals surface area contributed by atoms with E-state index >= 15 is 0 Å². The van der Waals surface area contributed by atoms with E-state index < -0.39 is 0 Å². The second-order valence-corrected chi connectivity index (χ2v) is 4.09. The molecule has 0 saturated carbocycles. The summed E-state index contributed by atoms with van der Waals surface area (Å²) in [4.78, 5) is 20.3. The van der Waals surface area contributed by atoms with Gasteiger partial charge in [-0.2, -0.15) is 0 Å². The third kappa shape index (κ3) is 3.28. The summed E-state index contributed by atoms with van der Waals surface area (Å²) in [6.07, 6.45) is 4.85. The van der Waals surface area contributed by atoms with E-state index in [4.69, 9.17) is 0 Å². The highest BCUT2D eigenvalue weighted by Crippen LogP contribution is 2.17. The summed E-state index contributed by atoms with van der Waals surface area (Å²) in [6, 6.07) is 5.35. The first-order chi connectivity index (χ1) is 9.20. The lowest BCUT2D eigenvalue weighted by atomic mass is 10.2. The van der Waals surface area contributed by atoms with Crippen LogP contribution in [-0.2, 0) is 0 Å². The number of amides is 1. The highest BCUT2D eigenvalue weighted by molar-refractivity contribution is 6.07. The summed E-state index contributed by atoms with van der Waals surface area (Å²) in [6.45, 7) is 4.63. The third-order valence-corrected chi connectivity index (χ3v) is 2.59. The first-order valence-corrected chi connectivity index (χ1v) is 6.12. The van der Waals surface area contributed by atoms with Gasteiger partial charge in [0.2, 0.25) is 0 Å². The van der Waals surface area contributed by atoms with Crippen LogP contribution in [0, 0.1) is 6.92 Å². The van der Waals surface area contributed by atoms with Crippen LogP contribution in [-0.4, -0.2) is 22.4 Å². The number of hydrogen-bond acceptors (Lipinski definition) is 4. The number of rotatable bonds is 4. The van der Waals surface area contributed by atoms with E-state index in [-0.39, 0.29) is 5.91 Å². The number of carbonyl (C=O) groups excluding carboxylic acids is 1. The van der Waals surface area contributed by atoms with E-state index in [1.165, 1.54) is 0 Å². The maximum Gasteiger partial charge on any atom is 0.259 e. The number of hydrogen-bond donors (Lipinski definition) is 2. The van der Waals surface area contributed by atoms with Crippen LogP contribution in [0.25, 0.3) is 0 Å². The zero-order valence-electron chi connectivity index (χ0n) is 11.0. The van der Waals surface area contributed by atoms with Crippen molar-refractivity contribution >= 4 is 17.3 Å². The van der Waals surface area contributed by atoms with Crippen LogP contribution in [0.3, 0.4) is 0 Å². The molecule has 19 heavy (non-hydrogen) atoms. The molecule has 0 spiro atoms. The summed E-state index contributed by atoms with van der Waals surface area (Å²) >= 11 is 0. The molecule has 0 aromatic carbocycles. The standard InChI is InChI=1S/C14H16N4O/c1-3-16-13-8-10(2)17-9-12(13)14(19)18-11-4-6-15-7-5-11/h4-9H,3H2,1-2H3,(H,16,17)(H,15,18,19). The van der Waals surface area contributed by atoms with Crippen LogP contribution in [0.1, 0.15) is 23.0 Å². The Balaban J connectivity index is 2.23. The number of aryl methyl sites for hydroxylation is 1. The number of pyridine rings is 2. The molecular weight excluding hydrogens is 240 g/mol. The van der Waals surface area contributed by atoms with Gasteiger partial charge in [0.1, 0.15) is 0 Å². The number of anilines is 2. The molecule has 98 valence electrons. The van der Waals surface area contributed by atoms with E-state index in [0.29, 0.717) is 11.3 Å². The lowest BCUT2D eigenvalue weighted by Gasteiger charge is -2.11. The number of aromatic nitrogens is 2. The zero-order valence-corrected chi connectivity index (χ0v) is 11.0. The van der Waals surface area contributed by atoms with Gasteiger partial charge in [-0.1, -0.05) is 0 Å². The Hall–Kier alpha value is -2.43. The number of carbonyl (C=O) groups is 1. The Kier molecular flexibility index (Phi) is 4.07. The summed E-state index contributed by atoms with van der Waals surface area (Å²) in [5.41, 5.74) is 2.91. The normalized spacial score (nSPS) is 10.0. The van der Waals surface area contributed by atoms with Crippen molar-refractivity contribution in [2.24, 2.45) is 0 Å². The van der Waals surface area contributed by atoms with Crippen molar-refractivity contribution in [3.8, 4) is 0 Å². The zero-order chi connectivity index (χ0) is 13.7. The van der Waals surface area contributed by atoms with Crippen LogP contribution in [0.4, 0.5) is 11.4 Å². The molecule has 0 aliphatic heterocycles. The number of nitrogens with one attached hydrogen (secondary N) is 2. The molecule has 0 atom stereocenters. The fourth-order valence-electron chi connectivity index (χ4n) is 1.71. The van der Waals surface area contributed by atoms with E-state index in [2.05, 4.69) is 20.6 Å². The predicted octanol–water partition coefficient (Wildman–Crippen LogP) is 2.47. The lowest BCUT2D eigenvalue weighted by molar-refractivity contribution is 0.102. The highest BCUT2D eigenvalue weighted by Gasteiger charge is 2.12. The Morgan fingerprint density at radius 3 is 2.74 bits per heavy atom. The van der Waals surface area contributed by atoms with E-state index in [1.807, 2.05) is 19.9 Å². The van der Waals surface area contributed by atoms with Crippen LogP contribution >= 0.6 is 0 Å². The Bertz CT molecular complexity index is 569. The van der Waals surface area contributed by atoms with Gasteiger partial charge in [-0.25, -0.2) is 0 Å². The molecule has 0 unspecified atom stereocenters. The minimum absolute atomic E-state index is 0.186. The van der Waals surface area contributed by atoms with Crippen molar-refractivity contribution in [1.82, 2.24) is 9.97 Å². The van der Waals surface area contributed by atoms with E-state index in [1.54, 1.807) is 30.7 Å². The van der Waals surface area contributed by atoms with Gasteiger partial charge in [-0.05, 0) is 32.0 Å². The van der Waals surface area contributed by atoms with Gasteiger partial charge < -0.3 is 10.6 Å². The second-order valence-electron chi connectivity index (χ2n) is 4.09. The van der Waals surface area contributed by atoms with E-state index in [9.17, 15) is 4.79 Å². The van der Waals surface area contributed by atoms with Gasteiger partial charge in [-0.15, -0.1) is 0 Å². The van der Waals surface area contributed by atoms with Gasteiger partial charge >= 0.3 is 0 Å². The summed E-state index contributed by atoms with van der Waals surface area (Å²) in [5.74, 6) is -0.186. The van der Waals surface area contributed by atoms with Crippen LogP contribution in [0.15, 0.2) is 36.8 Å². The minimum atomic E-state index is -0.186. The maximum atomic E-state index is 12.2. The monoisotopic (exact) mass is 256 g/mol. The van der Waals surface area contributed by atoms with Gasteiger partial charge in [0.15, 0.2) is 0 Å². The molecule has 0 aliphatic rings. The van der Waals surface area contributed by atoms with Crippen molar-refractivity contribution in [3.63, 3.8) is 0 Å². The smallest absolute Gasteiger partial charge is 0.259 e. The molecule has 0 saturated heterocycles.